The third kappa shape index (κ3) is 5.03. The molecule has 8 heteroatoms. The van der Waals surface area contributed by atoms with E-state index in [-0.39, 0.29) is 0 Å². The Morgan fingerprint density at radius 1 is 0.912 bits per heavy atom. The maximum absolute atomic E-state index is 11.0. The van der Waals surface area contributed by atoms with Crippen molar-refractivity contribution in [3.8, 4) is 16.9 Å². The summed E-state index contributed by atoms with van der Waals surface area (Å²) in [6.07, 6.45) is 4.86. The number of hydrogen-bond donors (Lipinski definition) is 0. The first kappa shape index (κ1) is 22.7. The molecule has 8 nitrogen and oxygen atoms in total. The lowest BCUT2D eigenvalue weighted by atomic mass is 10.1. The number of ether oxygens (including phenoxy) is 1. The normalized spacial score (nSPS) is 17.9. The molecular weight excluding hydrogens is 428 g/mol. The van der Waals surface area contributed by atoms with Crippen molar-refractivity contribution in [1.82, 2.24) is 24.3 Å². The van der Waals surface area contributed by atoms with Crippen LogP contribution in [0.1, 0.15) is 6.92 Å². The molecule has 2 aromatic heterocycles. The van der Waals surface area contributed by atoms with Gasteiger partial charge in [0.05, 0.1) is 11.2 Å². The van der Waals surface area contributed by atoms with Crippen LogP contribution in [0.4, 0.5) is 5.69 Å². The second-order valence-electron chi connectivity index (χ2n) is 9.05. The second kappa shape index (κ2) is 10.4. The van der Waals surface area contributed by atoms with E-state index >= 15 is 0 Å². The molecule has 3 aromatic rings. The summed E-state index contributed by atoms with van der Waals surface area (Å²) >= 11 is 0. The lowest BCUT2D eigenvalue weighted by Crippen LogP contribution is -2.47. The second-order valence-corrected chi connectivity index (χ2v) is 9.05. The first-order valence-electron chi connectivity index (χ1n) is 12.3. The molecule has 1 amide bonds. The Bertz CT molecular complexity index is 1080. The Morgan fingerprint density at radius 3 is 2.35 bits per heavy atom. The molecule has 2 fully saturated rings. The molecule has 2 saturated heterocycles. The van der Waals surface area contributed by atoms with Crippen molar-refractivity contribution in [2.24, 2.45) is 0 Å². The quantitative estimate of drug-likeness (QED) is 0.479. The number of anilines is 1. The summed E-state index contributed by atoms with van der Waals surface area (Å²) in [5.74, 6) is 0.909. The van der Waals surface area contributed by atoms with Crippen molar-refractivity contribution >= 4 is 17.6 Å². The van der Waals surface area contributed by atoms with Gasteiger partial charge >= 0.3 is 0 Å². The van der Waals surface area contributed by atoms with Crippen LogP contribution in [0.15, 0.2) is 48.8 Å². The minimum absolute atomic E-state index is 0.715. The number of rotatable bonds is 8. The predicted molar refractivity (Wildman–Crippen MR) is 135 cm³/mol. The zero-order valence-electron chi connectivity index (χ0n) is 20.0. The van der Waals surface area contributed by atoms with Crippen molar-refractivity contribution in [2.75, 3.05) is 77.0 Å². The molecule has 0 spiro atoms. The van der Waals surface area contributed by atoms with E-state index in [0.29, 0.717) is 6.61 Å². The van der Waals surface area contributed by atoms with Gasteiger partial charge < -0.3 is 19.4 Å². The molecule has 2 aliphatic rings. The van der Waals surface area contributed by atoms with E-state index < -0.39 is 0 Å². The van der Waals surface area contributed by atoms with Gasteiger partial charge in [-0.05, 0) is 36.4 Å². The van der Waals surface area contributed by atoms with Gasteiger partial charge in [0.1, 0.15) is 12.4 Å². The highest BCUT2D eigenvalue weighted by Gasteiger charge is 2.19. The SMILES string of the molecule is CCN1CCN(CCOc2ccc(-c3cc4c(N5CCN(C=O)CC5)ccnn4c3)cc2)CC1. The number of piperazine rings is 2. The highest BCUT2D eigenvalue weighted by Crippen LogP contribution is 2.29. The van der Waals surface area contributed by atoms with Gasteiger partial charge in [-0.3, -0.25) is 9.69 Å². The molecule has 2 aliphatic heterocycles. The zero-order valence-corrected chi connectivity index (χ0v) is 20.0. The number of amides is 1. The molecule has 0 aliphatic carbocycles. The van der Waals surface area contributed by atoms with Gasteiger partial charge in [-0.25, -0.2) is 4.52 Å². The van der Waals surface area contributed by atoms with Crippen molar-refractivity contribution in [1.29, 1.82) is 0 Å². The molecule has 0 bridgehead atoms. The largest absolute Gasteiger partial charge is 0.492 e. The third-order valence-electron chi connectivity index (χ3n) is 7.07. The standard InChI is InChI=1S/C26H34N6O2/c1-2-28-9-11-29(12-10-28)17-18-34-24-5-3-22(4-6-24)23-19-26-25(7-8-27-32(26)20-23)31-15-13-30(21-33)14-16-31/h3-8,19-21H,2,9-18H2,1H3. The summed E-state index contributed by atoms with van der Waals surface area (Å²) in [4.78, 5) is 20.2. The number of carbonyl (C=O) groups excluding carboxylic acids is 1. The van der Waals surface area contributed by atoms with Gasteiger partial charge in [-0.2, -0.15) is 5.10 Å². The first-order chi connectivity index (χ1) is 16.7. The molecule has 1 aromatic carbocycles. The molecule has 180 valence electrons. The lowest BCUT2D eigenvalue weighted by molar-refractivity contribution is -0.118. The number of fused-ring (bicyclic) bond motifs is 1. The van der Waals surface area contributed by atoms with Crippen LogP contribution in [0.5, 0.6) is 5.75 Å². The third-order valence-corrected chi connectivity index (χ3v) is 7.07. The Kier molecular flexibility index (Phi) is 6.97. The molecule has 34 heavy (non-hydrogen) atoms. The summed E-state index contributed by atoms with van der Waals surface area (Å²) in [5, 5.41) is 4.52. The summed E-state index contributed by atoms with van der Waals surface area (Å²) in [6, 6.07) is 12.6. The van der Waals surface area contributed by atoms with Gasteiger partial charge in [0.25, 0.3) is 0 Å². The zero-order chi connectivity index (χ0) is 23.3. The van der Waals surface area contributed by atoms with E-state index in [2.05, 4.69) is 69.3 Å². The minimum atomic E-state index is 0.715. The van der Waals surface area contributed by atoms with Crippen molar-refractivity contribution < 1.29 is 9.53 Å². The van der Waals surface area contributed by atoms with Crippen LogP contribution < -0.4 is 9.64 Å². The highest BCUT2D eigenvalue weighted by molar-refractivity contribution is 5.80. The van der Waals surface area contributed by atoms with Gasteiger partial charge in [0.2, 0.25) is 6.41 Å². The first-order valence-corrected chi connectivity index (χ1v) is 12.3. The maximum Gasteiger partial charge on any atom is 0.209 e. The highest BCUT2D eigenvalue weighted by atomic mass is 16.5. The minimum Gasteiger partial charge on any atom is -0.492 e. The Balaban J connectivity index is 1.21. The fraction of sp³-hybridized carbons (Fsp3) is 0.462. The maximum atomic E-state index is 11.0. The molecule has 5 rings (SSSR count). The van der Waals surface area contributed by atoms with Crippen LogP contribution in [0.3, 0.4) is 0 Å². The number of hydrogen-bond acceptors (Lipinski definition) is 6. The van der Waals surface area contributed by atoms with Gasteiger partial charge in [-0.15, -0.1) is 0 Å². The van der Waals surface area contributed by atoms with E-state index in [1.54, 1.807) is 0 Å². The average molecular weight is 463 g/mol. The number of nitrogens with zero attached hydrogens (tertiary/aromatic N) is 6. The number of likely N-dealkylation sites (N-methyl/N-ethyl adjacent to an activating group) is 1. The van der Waals surface area contributed by atoms with Crippen LogP contribution in [-0.4, -0.2) is 103 Å². The van der Waals surface area contributed by atoms with Crippen LogP contribution in [0, 0.1) is 0 Å². The van der Waals surface area contributed by atoms with Crippen LogP contribution in [-0.2, 0) is 4.79 Å². The fourth-order valence-electron chi connectivity index (χ4n) is 4.86. The average Bonchev–Trinajstić information content (AvgIpc) is 3.34. The topological polar surface area (TPSA) is 56.6 Å². The van der Waals surface area contributed by atoms with Gasteiger partial charge in [0, 0.05) is 76.9 Å². The van der Waals surface area contributed by atoms with E-state index in [1.165, 1.54) is 0 Å². The summed E-state index contributed by atoms with van der Waals surface area (Å²) in [7, 11) is 0. The smallest absolute Gasteiger partial charge is 0.209 e. The molecule has 0 N–H and O–H groups in total. The monoisotopic (exact) mass is 462 g/mol. The van der Waals surface area contributed by atoms with Crippen molar-refractivity contribution in [3.63, 3.8) is 0 Å². The molecule has 0 radical (unpaired) electrons. The predicted octanol–water partition coefficient (Wildman–Crippen LogP) is 2.30. The number of benzene rings is 1. The van der Waals surface area contributed by atoms with Crippen molar-refractivity contribution in [2.45, 2.75) is 6.92 Å². The number of carbonyl (C=O) groups is 1. The molecule has 4 heterocycles. The van der Waals surface area contributed by atoms with Gasteiger partial charge in [0.15, 0.2) is 0 Å². The number of aromatic nitrogens is 2. The summed E-state index contributed by atoms with van der Waals surface area (Å²) in [5.41, 5.74) is 4.52. The lowest BCUT2D eigenvalue weighted by Gasteiger charge is -2.34. The Hall–Kier alpha value is -3.10. The summed E-state index contributed by atoms with van der Waals surface area (Å²) < 4.78 is 7.96. The molecule has 0 atom stereocenters. The Labute approximate surface area is 201 Å². The van der Waals surface area contributed by atoms with E-state index in [9.17, 15) is 4.79 Å². The van der Waals surface area contributed by atoms with Crippen LogP contribution >= 0.6 is 0 Å². The van der Waals surface area contributed by atoms with Crippen molar-refractivity contribution in [3.05, 3.63) is 48.8 Å². The Morgan fingerprint density at radius 2 is 1.65 bits per heavy atom. The van der Waals surface area contributed by atoms with Crippen LogP contribution in [0.2, 0.25) is 0 Å². The summed E-state index contributed by atoms with van der Waals surface area (Å²) in [6.45, 7) is 12.8. The molecular formula is C26H34N6O2. The molecule has 0 unspecified atom stereocenters. The molecule has 0 saturated carbocycles. The van der Waals surface area contributed by atoms with E-state index in [0.717, 1.165) is 99.9 Å². The van der Waals surface area contributed by atoms with E-state index in [4.69, 9.17) is 4.74 Å². The van der Waals surface area contributed by atoms with E-state index in [1.807, 2.05) is 15.6 Å². The fourth-order valence-corrected chi connectivity index (χ4v) is 4.86. The van der Waals surface area contributed by atoms with Gasteiger partial charge in [-0.1, -0.05) is 19.1 Å². The van der Waals surface area contributed by atoms with Crippen LogP contribution in [0.25, 0.3) is 16.6 Å².